The summed E-state index contributed by atoms with van der Waals surface area (Å²) in [5, 5.41) is 5.12. The predicted molar refractivity (Wildman–Crippen MR) is 214 cm³/mol. The summed E-state index contributed by atoms with van der Waals surface area (Å²) < 4.78 is 9.16. The molecule has 242 valence electrons. The first-order valence-corrected chi connectivity index (χ1v) is 17.7. The van der Waals surface area contributed by atoms with E-state index in [0.29, 0.717) is 5.39 Å². The number of hydrogen-bond donors (Lipinski definition) is 0. The molecule has 0 spiro atoms. The average molecular weight is 665 g/mol. The van der Waals surface area contributed by atoms with E-state index in [1.807, 2.05) is 22.6 Å². The van der Waals surface area contributed by atoms with Gasteiger partial charge in [-0.15, -0.1) is 0 Å². The summed E-state index contributed by atoms with van der Waals surface area (Å²) in [6.07, 6.45) is 0. The second-order valence-corrected chi connectivity index (χ2v) is 13.8. The van der Waals surface area contributed by atoms with Crippen molar-refractivity contribution in [3.63, 3.8) is 0 Å². The fourth-order valence-corrected chi connectivity index (χ4v) is 8.89. The van der Waals surface area contributed by atoms with E-state index in [-0.39, 0.29) is 5.56 Å². The van der Waals surface area contributed by atoms with Crippen molar-refractivity contribution in [1.82, 2.24) is 18.1 Å². The molecule has 10 aromatic rings. The Hall–Kier alpha value is -7.11. The minimum Gasteiger partial charge on any atom is -0.306 e. The largest absolute Gasteiger partial charge is 0.306 e. The van der Waals surface area contributed by atoms with E-state index in [9.17, 15) is 4.79 Å². The van der Waals surface area contributed by atoms with Crippen molar-refractivity contribution in [2.75, 3.05) is 0 Å². The molecule has 0 unspecified atom stereocenters. The van der Waals surface area contributed by atoms with Crippen LogP contribution in [-0.4, -0.2) is 18.1 Å². The van der Waals surface area contributed by atoms with Crippen molar-refractivity contribution in [1.29, 1.82) is 0 Å². The highest BCUT2D eigenvalue weighted by molar-refractivity contribution is 6.19. The number of pyridine rings is 1. The van der Waals surface area contributed by atoms with Gasteiger partial charge in [-0.05, 0) is 94.0 Å². The zero-order valence-corrected chi connectivity index (χ0v) is 27.9. The monoisotopic (exact) mass is 664 g/mol. The summed E-state index contributed by atoms with van der Waals surface area (Å²) in [6, 6.07) is 60.0. The van der Waals surface area contributed by atoms with Crippen molar-refractivity contribution in [2.24, 2.45) is 0 Å². The van der Waals surface area contributed by atoms with E-state index in [2.05, 4.69) is 165 Å². The number of para-hydroxylation sites is 2. The molecule has 52 heavy (non-hydrogen) atoms. The van der Waals surface area contributed by atoms with Crippen LogP contribution < -0.4 is 5.56 Å². The number of rotatable bonds is 3. The zero-order chi connectivity index (χ0) is 34.1. The molecular weight excluding hydrogens is 637 g/mol. The van der Waals surface area contributed by atoms with E-state index in [4.69, 9.17) is 0 Å². The summed E-state index contributed by atoms with van der Waals surface area (Å²) in [4.78, 5) is 14.8. The molecule has 2 aliphatic rings. The van der Waals surface area contributed by atoms with Gasteiger partial charge in [-0.2, -0.15) is 0 Å². The van der Waals surface area contributed by atoms with Gasteiger partial charge in [-0.1, -0.05) is 103 Å². The standard InChI is InChI=1S/C47H28N4O/c52-47-37-15-7-6-14-35(37)36-26-27-42-46-43(36)50(47)41-19-9-18-40-45(41)51(46)44-38(48(42)33-23-20-31(21-24-33)29-10-2-1-3-11-29)16-8-17-39(44)49(40)34-25-22-30-12-4-5-13-32(30)28-34/h1-28H. The molecule has 4 heterocycles. The molecule has 2 aromatic heterocycles. The molecule has 8 aromatic carbocycles. The Bertz CT molecular complexity index is 3410. The second kappa shape index (κ2) is 9.99. The molecule has 0 radical (unpaired) electrons. The summed E-state index contributed by atoms with van der Waals surface area (Å²) in [5.74, 6) is 0. The quantitative estimate of drug-likeness (QED) is 0.137. The first kappa shape index (κ1) is 27.7. The van der Waals surface area contributed by atoms with Crippen molar-refractivity contribution >= 4 is 71.1 Å². The highest BCUT2D eigenvalue weighted by Gasteiger charge is 2.29. The molecule has 0 aliphatic carbocycles. The third-order valence-electron chi connectivity index (χ3n) is 11.1. The minimum atomic E-state index is -0.00905. The van der Waals surface area contributed by atoms with E-state index in [0.717, 1.165) is 72.0 Å². The number of nitrogens with zero attached hydrogens (tertiary/aromatic N) is 4. The number of benzene rings is 8. The summed E-state index contributed by atoms with van der Waals surface area (Å²) in [5.41, 5.74) is 13.6. The van der Waals surface area contributed by atoms with Crippen LogP contribution in [0.2, 0.25) is 0 Å². The Morgan fingerprint density at radius 2 is 0.962 bits per heavy atom. The summed E-state index contributed by atoms with van der Waals surface area (Å²) >= 11 is 0. The molecule has 0 bridgehead atoms. The van der Waals surface area contributed by atoms with Crippen LogP contribution in [0.1, 0.15) is 0 Å². The first-order chi connectivity index (χ1) is 25.7. The number of aromatic nitrogens is 4. The van der Waals surface area contributed by atoms with Gasteiger partial charge >= 0.3 is 0 Å². The third kappa shape index (κ3) is 3.49. The molecule has 0 amide bonds. The van der Waals surface area contributed by atoms with Crippen molar-refractivity contribution < 1.29 is 0 Å². The van der Waals surface area contributed by atoms with Gasteiger partial charge in [0.2, 0.25) is 0 Å². The van der Waals surface area contributed by atoms with Gasteiger partial charge in [0.15, 0.2) is 0 Å². The SMILES string of the molecule is O=c1c2ccccc2c2ccc3c4c2n1c1cccc2c1-n4c1c(cccc1n3-c1ccc(-c3ccccc3)cc1)n2-c1ccc2ccccc2c1. The van der Waals surface area contributed by atoms with Crippen molar-refractivity contribution in [3.05, 3.63) is 180 Å². The number of hydrogen-bond acceptors (Lipinski definition) is 1. The van der Waals surface area contributed by atoms with Gasteiger partial charge in [0.1, 0.15) is 0 Å². The molecule has 5 heteroatoms. The van der Waals surface area contributed by atoms with Crippen LogP contribution in [0, 0.1) is 0 Å². The van der Waals surface area contributed by atoms with Crippen molar-refractivity contribution in [2.45, 2.75) is 0 Å². The Kier molecular flexibility index (Phi) is 5.32. The fourth-order valence-electron chi connectivity index (χ4n) is 8.89. The lowest BCUT2D eigenvalue weighted by Gasteiger charge is -2.31. The van der Waals surface area contributed by atoms with E-state index in [1.54, 1.807) is 0 Å². The van der Waals surface area contributed by atoms with Crippen LogP contribution in [0.4, 0.5) is 0 Å². The Balaban J connectivity index is 1.33. The lowest BCUT2D eigenvalue weighted by molar-refractivity contribution is 1.02. The molecule has 0 saturated carbocycles. The van der Waals surface area contributed by atoms with E-state index >= 15 is 0 Å². The smallest absolute Gasteiger partial charge is 0.263 e. The zero-order valence-electron chi connectivity index (χ0n) is 27.9. The molecular formula is C47H28N4O. The molecule has 0 saturated heterocycles. The molecule has 0 fully saturated rings. The Labute approximate surface area is 296 Å². The van der Waals surface area contributed by atoms with E-state index < -0.39 is 0 Å². The van der Waals surface area contributed by atoms with E-state index in [1.165, 1.54) is 21.9 Å². The number of fused-ring (bicyclic) bond motifs is 4. The fraction of sp³-hybridized carbons (Fsp3) is 0. The van der Waals surface area contributed by atoms with Crippen LogP contribution in [0.3, 0.4) is 0 Å². The maximum absolute atomic E-state index is 14.8. The normalized spacial score (nSPS) is 12.3. The molecule has 5 nitrogen and oxygen atoms in total. The van der Waals surface area contributed by atoms with Gasteiger partial charge in [0, 0.05) is 22.1 Å². The maximum atomic E-state index is 14.8. The minimum absolute atomic E-state index is 0.00905. The molecule has 0 atom stereocenters. The van der Waals surface area contributed by atoms with Gasteiger partial charge in [-0.25, -0.2) is 0 Å². The Morgan fingerprint density at radius 1 is 0.346 bits per heavy atom. The second-order valence-electron chi connectivity index (χ2n) is 13.8. The van der Waals surface area contributed by atoms with Crippen LogP contribution >= 0.6 is 0 Å². The maximum Gasteiger partial charge on any atom is 0.263 e. The van der Waals surface area contributed by atoms with Gasteiger partial charge in [-0.3, -0.25) is 13.8 Å². The highest BCUT2D eigenvalue weighted by Crippen LogP contribution is 2.44. The summed E-state index contributed by atoms with van der Waals surface area (Å²) in [6.45, 7) is 0. The lowest BCUT2D eigenvalue weighted by Crippen LogP contribution is -2.23. The molecule has 12 rings (SSSR count). The summed E-state index contributed by atoms with van der Waals surface area (Å²) in [7, 11) is 0. The topological polar surface area (TPSA) is 36.3 Å². The van der Waals surface area contributed by atoms with Crippen LogP contribution in [0.15, 0.2) is 175 Å². The highest BCUT2D eigenvalue weighted by atomic mass is 16.1. The lowest BCUT2D eigenvalue weighted by atomic mass is 10.0. The van der Waals surface area contributed by atoms with Gasteiger partial charge in [0.05, 0.1) is 49.8 Å². The first-order valence-electron chi connectivity index (χ1n) is 17.7. The third-order valence-corrected chi connectivity index (χ3v) is 11.1. The van der Waals surface area contributed by atoms with Crippen LogP contribution in [-0.2, 0) is 0 Å². The van der Waals surface area contributed by atoms with Crippen molar-refractivity contribution in [3.8, 4) is 28.2 Å². The molecule has 2 aliphatic heterocycles. The van der Waals surface area contributed by atoms with Crippen LogP contribution in [0.5, 0.6) is 0 Å². The predicted octanol–water partition coefficient (Wildman–Crippen LogP) is 11.1. The van der Waals surface area contributed by atoms with Crippen LogP contribution in [0.25, 0.3) is 99.3 Å². The van der Waals surface area contributed by atoms with Gasteiger partial charge in [0.25, 0.3) is 5.56 Å². The van der Waals surface area contributed by atoms with Gasteiger partial charge < -0.3 is 9.13 Å². The Morgan fingerprint density at radius 3 is 1.77 bits per heavy atom. The molecule has 0 N–H and O–H groups in total. The average Bonchev–Trinajstić information content (AvgIpc) is 3.21.